The second kappa shape index (κ2) is 6.44. The molecule has 0 bridgehead atoms. The molecule has 0 aliphatic carbocycles. The number of fused-ring (bicyclic) bond motifs is 1. The topological polar surface area (TPSA) is 62.3 Å². The molecule has 118 valence electrons. The van der Waals surface area contributed by atoms with E-state index in [0.29, 0.717) is 11.7 Å². The number of thiazole rings is 1. The van der Waals surface area contributed by atoms with Crippen LogP contribution in [0.3, 0.4) is 0 Å². The van der Waals surface area contributed by atoms with Crippen LogP contribution in [0.4, 0.5) is 5.13 Å². The molecule has 1 heterocycles. The molecule has 5 nitrogen and oxygen atoms in total. The number of nitrogens with one attached hydrogen (secondary N) is 1. The Labute approximate surface area is 134 Å². The van der Waals surface area contributed by atoms with E-state index >= 15 is 0 Å². The Morgan fingerprint density at radius 2 is 1.95 bits per heavy atom. The summed E-state index contributed by atoms with van der Waals surface area (Å²) in [5.74, 6) is -0.115. The summed E-state index contributed by atoms with van der Waals surface area (Å²) in [7, 11) is 1.71. The number of amides is 2. The molecule has 0 aliphatic rings. The highest BCUT2D eigenvalue weighted by atomic mass is 32.1. The van der Waals surface area contributed by atoms with Gasteiger partial charge in [-0.15, -0.1) is 0 Å². The van der Waals surface area contributed by atoms with Gasteiger partial charge in [-0.1, -0.05) is 44.2 Å². The van der Waals surface area contributed by atoms with Crippen molar-refractivity contribution in [2.75, 3.05) is 18.5 Å². The van der Waals surface area contributed by atoms with E-state index in [1.54, 1.807) is 11.9 Å². The zero-order valence-corrected chi connectivity index (χ0v) is 14.2. The number of hydrogen-bond donors (Lipinski definition) is 1. The van der Waals surface area contributed by atoms with Crippen LogP contribution in [0.15, 0.2) is 24.3 Å². The lowest BCUT2D eigenvalue weighted by atomic mass is 9.96. The van der Waals surface area contributed by atoms with Gasteiger partial charge in [-0.25, -0.2) is 4.98 Å². The lowest BCUT2D eigenvalue weighted by molar-refractivity contribution is -0.128. The van der Waals surface area contributed by atoms with Crippen molar-refractivity contribution in [1.82, 2.24) is 10.3 Å². The first-order valence-corrected chi connectivity index (χ1v) is 8.01. The Balaban J connectivity index is 1.93. The summed E-state index contributed by atoms with van der Waals surface area (Å²) < 4.78 is 1.05. The summed E-state index contributed by atoms with van der Waals surface area (Å²) >= 11 is 1.48. The molecule has 0 spiro atoms. The van der Waals surface area contributed by atoms with Crippen LogP contribution in [0, 0.1) is 5.41 Å². The van der Waals surface area contributed by atoms with E-state index in [9.17, 15) is 9.59 Å². The average molecular weight is 319 g/mol. The zero-order chi connectivity index (χ0) is 16.3. The van der Waals surface area contributed by atoms with Gasteiger partial charge < -0.3 is 5.32 Å². The maximum absolute atomic E-state index is 12.2. The van der Waals surface area contributed by atoms with Crippen molar-refractivity contribution in [2.24, 2.45) is 5.41 Å². The van der Waals surface area contributed by atoms with Crippen molar-refractivity contribution in [3.63, 3.8) is 0 Å². The standard InChI is InChI=1S/C16H21N3O2S/c1-16(2,3)14(21)17-10-9-13(20)19(4)15-18-11-7-5-6-8-12(11)22-15/h5-8H,9-10H2,1-4H3,(H,17,21). The molecule has 0 radical (unpaired) electrons. The van der Waals surface area contributed by atoms with E-state index in [-0.39, 0.29) is 18.2 Å². The fourth-order valence-corrected chi connectivity index (χ4v) is 2.77. The highest BCUT2D eigenvalue weighted by Crippen LogP contribution is 2.27. The summed E-state index contributed by atoms with van der Waals surface area (Å²) in [5.41, 5.74) is 0.449. The molecule has 0 aliphatic heterocycles. The third kappa shape index (κ3) is 3.82. The molecule has 0 saturated heterocycles. The molecule has 2 aromatic rings. The van der Waals surface area contributed by atoms with E-state index < -0.39 is 5.41 Å². The molecule has 2 rings (SSSR count). The Kier molecular flexibility index (Phi) is 4.81. The van der Waals surface area contributed by atoms with E-state index in [0.717, 1.165) is 10.2 Å². The van der Waals surface area contributed by atoms with Gasteiger partial charge in [-0.05, 0) is 12.1 Å². The number of carbonyl (C=O) groups excluding carboxylic acids is 2. The van der Waals surface area contributed by atoms with Crippen molar-refractivity contribution in [3.05, 3.63) is 24.3 Å². The number of aromatic nitrogens is 1. The summed E-state index contributed by atoms with van der Waals surface area (Å²) in [6.07, 6.45) is 0.258. The number of hydrogen-bond acceptors (Lipinski definition) is 4. The van der Waals surface area contributed by atoms with Gasteiger partial charge in [-0.2, -0.15) is 0 Å². The monoisotopic (exact) mass is 319 g/mol. The number of rotatable bonds is 4. The molecule has 0 atom stereocenters. The fraction of sp³-hybridized carbons (Fsp3) is 0.438. The first-order chi connectivity index (χ1) is 10.3. The third-order valence-electron chi connectivity index (χ3n) is 3.25. The fourth-order valence-electron chi connectivity index (χ4n) is 1.83. The Bertz CT molecular complexity index is 655. The lowest BCUT2D eigenvalue weighted by Gasteiger charge is -2.18. The highest BCUT2D eigenvalue weighted by molar-refractivity contribution is 7.22. The Hall–Kier alpha value is -1.95. The smallest absolute Gasteiger partial charge is 0.230 e. The second-order valence-corrected chi connectivity index (χ2v) is 7.18. The van der Waals surface area contributed by atoms with Crippen LogP contribution in [0.1, 0.15) is 27.2 Å². The highest BCUT2D eigenvalue weighted by Gasteiger charge is 2.21. The molecule has 6 heteroatoms. The van der Waals surface area contributed by atoms with Gasteiger partial charge in [0, 0.05) is 25.4 Å². The first kappa shape index (κ1) is 16.4. The van der Waals surface area contributed by atoms with Crippen LogP contribution in [0.25, 0.3) is 10.2 Å². The number of anilines is 1. The molecule has 0 unspecified atom stereocenters. The quantitative estimate of drug-likeness (QED) is 0.942. The van der Waals surface area contributed by atoms with Gasteiger partial charge in [-0.3, -0.25) is 14.5 Å². The third-order valence-corrected chi connectivity index (χ3v) is 4.36. The van der Waals surface area contributed by atoms with Crippen molar-refractivity contribution in [2.45, 2.75) is 27.2 Å². The average Bonchev–Trinajstić information content (AvgIpc) is 2.88. The molecule has 1 N–H and O–H groups in total. The van der Waals surface area contributed by atoms with Crippen molar-refractivity contribution in [3.8, 4) is 0 Å². The summed E-state index contributed by atoms with van der Waals surface area (Å²) in [6.45, 7) is 5.87. The van der Waals surface area contributed by atoms with Gasteiger partial charge in [0.15, 0.2) is 5.13 Å². The van der Waals surface area contributed by atoms with Crippen molar-refractivity contribution in [1.29, 1.82) is 0 Å². The van der Waals surface area contributed by atoms with Crippen molar-refractivity contribution >= 4 is 38.5 Å². The number of nitrogens with zero attached hydrogens (tertiary/aromatic N) is 2. The molecule has 22 heavy (non-hydrogen) atoms. The SMILES string of the molecule is CN(C(=O)CCNC(=O)C(C)(C)C)c1nc2ccccc2s1. The normalized spacial score (nSPS) is 11.5. The maximum atomic E-state index is 12.2. The van der Waals surface area contributed by atoms with Crippen LogP contribution in [0.2, 0.25) is 0 Å². The second-order valence-electron chi connectivity index (χ2n) is 6.17. The summed E-state index contributed by atoms with van der Waals surface area (Å²) in [6, 6.07) is 7.79. The number of para-hydroxylation sites is 1. The van der Waals surface area contributed by atoms with E-state index in [1.165, 1.54) is 11.3 Å². The van der Waals surface area contributed by atoms with Crippen LogP contribution in [-0.4, -0.2) is 30.4 Å². The van der Waals surface area contributed by atoms with E-state index in [2.05, 4.69) is 10.3 Å². The minimum Gasteiger partial charge on any atom is -0.355 e. The summed E-state index contributed by atoms with van der Waals surface area (Å²) in [4.78, 5) is 30.0. The predicted molar refractivity (Wildman–Crippen MR) is 90.1 cm³/mol. The van der Waals surface area contributed by atoms with Gasteiger partial charge in [0.2, 0.25) is 11.8 Å². The van der Waals surface area contributed by atoms with Gasteiger partial charge in [0.1, 0.15) is 0 Å². The minimum absolute atomic E-state index is 0.0528. The predicted octanol–water partition coefficient (Wildman–Crippen LogP) is 2.81. The maximum Gasteiger partial charge on any atom is 0.230 e. The lowest BCUT2D eigenvalue weighted by Crippen LogP contribution is -2.37. The largest absolute Gasteiger partial charge is 0.355 e. The van der Waals surface area contributed by atoms with Crippen LogP contribution >= 0.6 is 11.3 Å². The molecular weight excluding hydrogens is 298 g/mol. The molecular formula is C16H21N3O2S. The van der Waals surface area contributed by atoms with E-state index in [4.69, 9.17) is 0 Å². The number of carbonyl (C=O) groups is 2. The Morgan fingerprint density at radius 1 is 1.27 bits per heavy atom. The molecule has 2 amide bonds. The number of benzene rings is 1. The molecule has 0 fully saturated rings. The Morgan fingerprint density at radius 3 is 2.59 bits per heavy atom. The summed E-state index contributed by atoms with van der Waals surface area (Å²) in [5, 5.41) is 3.46. The van der Waals surface area contributed by atoms with E-state index in [1.807, 2.05) is 45.0 Å². The van der Waals surface area contributed by atoms with Crippen LogP contribution < -0.4 is 10.2 Å². The van der Waals surface area contributed by atoms with Gasteiger partial charge in [0.05, 0.1) is 10.2 Å². The molecule has 0 saturated carbocycles. The first-order valence-electron chi connectivity index (χ1n) is 7.19. The zero-order valence-electron chi connectivity index (χ0n) is 13.3. The van der Waals surface area contributed by atoms with Gasteiger partial charge in [0.25, 0.3) is 0 Å². The van der Waals surface area contributed by atoms with Gasteiger partial charge >= 0.3 is 0 Å². The van der Waals surface area contributed by atoms with Crippen LogP contribution in [-0.2, 0) is 9.59 Å². The molecule has 1 aromatic carbocycles. The molecule has 1 aromatic heterocycles. The minimum atomic E-state index is -0.442. The van der Waals surface area contributed by atoms with Crippen LogP contribution in [0.5, 0.6) is 0 Å². The van der Waals surface area contributed by atoms with Crippen molar-refractivity contribution < 1.29 is 9.59 Å².